The smallest absolute Gasteiger partial charge is 0.416 e. The fourth-order valence-electron chi connectivity index (χ4n) is 1.63. The zero-order chi connectivity index (χ0) is 12.4. The Morgan fingerprint density at radius 2 is 2.12 bits per heavy atom. The molecule has 0 saturated carbocycles. The molecule has 0 bridgehead atoms. The summed E-state index contributed by atoms with van der Waals surface area (Å²) in [6.07, 6.45) is 0.174. The molecule has 0 aliphatic heterocycles. The van der Waals surface area contributed by atoms with E-state index < -0.39 is 11.9 Å². The highest BCUT2D eigenvalue weighted by atomic mass is 19.1. The molecule has 1 aromatic heterocycles. The number of hydrogen-bond acceptors (Lipinski definition) is 2. The standard InChI is InChI=1S/C12H10FNO3/c13-10-6-8(7-15)3-4-9(10)11-2-1-5-14(11)12(16)17/h1-6,15H,7H2,(H,16,17). The lowest BCUT2D eigenvalue weighted by molar-refractivity contribution is 0.197. The molecular weight excluding hydrogens is 225 g/mol. The van der Waals surface area contributed by atoms with E-state index in [0.29, 0.717) is 5.56 Å². The Balaban J connectivity index is 2.53. The maximum Gasteiger partial charge on any atom is 0.416 e. The quantitative estimate of drug-likeness (QED) is 0.839. The minimum atomic E-state index is -1.17. The molecule has 2 rings (SSSR count). The fraction of sp³-hybridized carbons (Fsp3) is 0.0833. The predicted octanol–water partition coefficient (Wildman–Crippen LogP) is 2.31. The van der Waals surface area contributed by atoms with Crippen molar-refractivity contribution in [1.82, 2.24) is 4.57 Å². The van der Waals surface area contributed by atoms with Crippen molar-refractivity contribution >= 4 is 6.09 Å². The Bertz CT molecular complexity index is 563. The first-order valence-electron chi connectivity index (χ1n) is 4.94. The van der Waals surface area contributed by atoms with Gasteiger partial charge in [0.05, 0.1) is 12.3 Å². The van der Waals surface area contributed by atoms with Crippen molar-refractivity contribution < 1.29 is 19.4 Å². The maximum absolute atomic E-state index is 13.7. The van der Waals surface area contributed by atoms with Crippen molar-refractivity contribution in [2.75, 3.05) is 0 Å². The molecule has 2 aromatic rings. The molecule has 0 radical (unpaired) electrons. The van der Waals surface area contributed by atoms with Crippen molar-refractivity contribution in [2.24, 2.45) is 0 Å². The minimum absolute atomic E-state index is 0.189. The molecule has 5 heteroatoms. The van der Waals surface area contributed by atoms with Crippen LogP contribution >= 0.6 is 0 Å². The molecule has 0 aliphatic rings. The number of carboxylic acid groups (broad SMARTS) is 1. The van der Waals surface area contributed by atoms with E-state index in [0.717, 1.165) is 4.57 Å². The summed E-state index contributed by atoms with van der Waals surface area (Å²) < 4.78 is 14.7. The summed E-state index contributed by atoms with van der Waals surface area (Å²) >= 11 is 0. The first-order chi connectivity index (χ1) is 8.13. The topological polar surface area (TPSA) is 62.5 Å². The zero-order valence-electron chi connectivity index (χ0n) is 8.80. The first kappa shape index (κ1) is 11.3. The molecule has 0 atom stereocenters. The number of aliphatic hydroxyl groups is 1. The van der Waals surface area contributed by atoms with E-state index in [9.17, 15) is 9.18 Å². The molecule has 17 heavy (non-hydrogen) atoms. The number of hydrogen-bond donors (Lipinski definition) is 2. The average Bonchev–Trinajstić information content (AvgIpc) is 2.77. The number of aliphatic hydroxyl groups excluding tert-OH is 1. The maximum atomic E-state index is 13.7. The van der Waals surface area contributed by atoms with Crippen LogP contribution in [-0.2, 0) is 6.61 Å². The van der Waals surface area contributed by atoms with E-state index >= 15 is 0 Å². The van der Waals surface area contributed by atoms with E-state index in [4.69, 9.17) is 10.2 Å². The SMILES string of the molecule is O=C(O)n1cccc1-c1ccc(CO)cc1F. The Morgan fingerprint density at radius 3 is 2.71 bits per heavy atom. The van der Waals surface area contributed by atoms with Crippen LogP contribution < -0.4 is 0 Å². The lowest BCUT2D eigenvalue weighted by atomic mass is 10.1. The lowest BCUT2D eigenvalue weighted by Crippen LogP contribution is -2.08. The Morgan fingerprint density at radius 1 is 1.35 bits per heavy atom. The normalized spacial score (nSPS) is 10.5. The van der Waals surface area contributed by atoms with E-state index in [-0.39, 0.29) is 17.9 Å². The molecule has 0 spiro atoms. The molecule has 1 aromatic carbocycles. The van der Waals surface area contributed by atoms with Crippen LogP contribution in [0.5, 0.6) is 0 Å². The number of aromatic nitrogens is 1. The van der Waals surface area contributed by atoms with E-state index in [2.05, 4.69) is 0 Å². The Kier molecular flexibility index (Phi) is 2.93. The van der Waals surface area contributed by atoms with Gasteiger partial charge in [-0.2, -0.15) is 0 Å². The second-order valence-electron chi connectivity index (χ2n) is 3.52. The average molecular weight is 235 g/mol. The summed E-state index contributed by atoms with van der Waals surface area (Å²) in [7, 11) is 0. The van der Waals surface area contributed by atoms with Crippen LogP contribution in [0.4, 0.5) is 9.18 Å². The molecule has 0 aliphatic carbocycles. The van der Waals surface area contributed by atoms with Gasteiger partial charge in [-0.25, -0.2) is 9.18 Å². The van der Waals surface area contributed by atoms with Gasteiger partial charge in [-0.1, -0.05) is 6.07 Å². The van der Waals surface area contributed by atoms with Crippen molar-refractivity contribution in [3.05, 3.63) is 47.9 Å². The van der Waals surface area contributed by atoms with Crippen LogP contribution in [0.25, 0.3) is 11.3 Å². The second-order valence-corrected chi connectivity index (χ2v) is 3.52. The number of benzene rings is 1. The third kappa shape index (κ3) is 2.05. The zero-order valence-corrected chi connectivity index (χ0v) is 8.80. The summed E-state index contributed by atoms with van der Waals surface area (Å²) in [5.41, 5.74) is 0.897. The van der Waals surface area contributed by atoms with Crippen molar-refractivity contribution in [2.45, 2.75) is 6.61 Å². The van der Waals surface area contributed by atoms with Crippen LogP contribution in [0, 0.1) is 5.82 Å². The summed E-state index contributed by atoms with van der Waals surface area (Å²) in [6.45, 7) is -0.253. The largest absolute Gasteiger partial charge is 0.464 e. The molecule has 4 nitrogen and oxygen atoms in total. The van der Waals surface area contributed by atoms with Gasteiger partial charge < -0.3 is 10.2 Å². The first-order valence-corrected chi connectivity index (χ1v) is 4.94. The number of nitrogens with zero attached hydrogens (tertiary/aromatic N) is 1. The van der Waals surface area contributed by atoms with E-state index in [1.165, 1.54) is 30.5 Å². The van der Waals surface area contributed by atoms with Crippen LogP contribution in [0.1, 0.15) is 5.56 Å². The summed E-state index contributed by atoms with van der Waals surface area (Å²) in [5.74, 6) is -0.558. The monoisotopic (exact) mass is 235 g/mol. The number of halogens is 1. The number of rotatable bonds is 2. The molecule has 0 fully saturated rings. The van der Waals surface area contributed by atoms with Gasteiger partial charge in [0, 0.05) is 11.8 Å². The third-order valence-electron chi connectivity index (χ3n) is 2.45. The van der Waals surface area contributed by atoms with Gasteiger partial charge in [0.15, 0.2) is 0 Å². The third-order valence-corrected chi connectivity index (χ3v) is 2.45. The lowest BCUT2D eigenvalue weighted by Gasteiger charge is -2.06. The van der Waals surface area contributed by atoms with Gasteiger partial charge in [0.1, 0.15) is 5.82 Å². The molecule has 0 saturated heterocycles. The van der Waals surface area contributed by atoms with Gasteiger partial charge in [0.2, 0.25) is 0 Å². The highest BCUT2D eigenvalue weighted by Crippen LogP contribution is 2.24. The highest BCUT2D eigenvalue weighted by molar-refractivity contribution is 5.77. The van der Waals surface area contributed by atoms with Crippen LogP contribution in [0.3, 0.4) is 0 Å². The summed E-state index contributed by atoms with van der Waals surface area (Å²) in [4.78, 5) is 10.9. The minimum Gasteiger partial charge on any atom is -0.464 e. The summed E-state index contributed by atoms with van der Waals surface area (Å²) in [5, 5.41) is 17.8. The van der Waals surface area contributed by atoms with E-state index in [1.807, 2.05) is 0 Å². The molecule has 2 N–H and O–H groups in total. The van der Waals surface area contributed by atoms with Crippen molar-refractivity contribution in [1.29, 1.82) is 0 Å². The van der Waals surface area contributed by atoms with Crippen LogP contribution in [0.2, 0.25) is 0 Å². The number of carbonyl (C=O) groups is 1. The molecule has 0 unspecified atom stereocenters. The fourth-order valence-corrected chi connectivity index (χ4v) is 1.63. The van der Waals surface area contributed by atoms with Crippen molar-refractivity contribution in [3.63, 3.8) is 0 Å². The molecular formula is C12H10FNO3. The van der Waals surface area contributed by atoms with Crippen LogP contribution in [-0.4, -0.2) is 20.9 Å². The van der Waals surface area contributed by atoms with Gasteiger partial charge in [-0.15, -0.1) is 0 Å². The van der Waals surface area contributed by atoms with Crippen LogP contribution in [0.15, 0.2) is 36.5 Å². The van der Waals surface area contributed by atoms with Gasteiger partial charge in [-0.3, -0.25) is 4.57 Å². The van der Waals surface area contributed by atoms with Gasteiger partial charge in [-0.05, 0) is 29.8 Å². The molecule has 1 heterocycles. The Hall–Kier alpha value is -2.14. The molecule has 88 valence electrons. The van der Waals surface area contributed by atoms with Gasteiger partial charge >= 0.3 is 6.09 Å². The Labute approximate surface area is 96.6 Å². The molecule has 0 amide bonds. The highest BCUT2D eigenvalue weighted by Gasteiger charge is 2.13. The summed E-state index contributed by atoms with van der Waals surface area (Å²) in [6, 6.07) is 7.25. The second kappa shape index (κ2) is 4.39. The van der Waals surface area contributed by atoms with Crippen molar-refractivity contribution in [3.8, 4) is 11.3 Å². The van der Waals surface area contributed by atoms with Gasteiger partial charge in [0.25, 0.3) is 0 Å². The predicted molar refractivity (Wildman–Crippen MR) is 59.2 cm³/mol. The van der Waals surface area contributed by atoms with E-state index in [1.54, 1.807) is 6.07 Å².